The molecule has 14 heteroatoms. The first-order chi connectivity index (χ1) is 18.4. The van der Waals surface area contributed by atoms with Crippen molar-refractivity contribution in [3.05, 3.63) is 12.2 Å². The molecule has 0 bridgehead atoms. The van der Waals surface area contributed by atoms with Crippen LogP contribution >= 0.6 is 23.2 Å². The maximum atomic E-state index is 13.9. The summed E-state index contributed by atoms with van der Waals surface area (Å²) >= 11 is 12.8. The van der Waals surface area contributed by atoms with E-state index in [0.29, 0.717) is 0 Å². The lowest BCUT2D eigenvalue weighted by Gasteiger charge is -2.37. The number of nitrogens with zero attached hydrogens (tertiary/aromatic N) is 1. The van der Waals surface area contributed by atoms with Crippen LogP contribution in [0.25, 0.3) is 0 Å². The zero-order valence-corrected chi connectivity index (χ0v) is 24.5. The van der Waals surface area contributed by atoms with Crippen LogP contribution in [0.5, 0.6) is 0 Å². The number of carbonyl (C=O) groups excluding carboxylic acids is 5. The van der Waals surface area contributed by atoms with Crippen LogP contribution in [-0.2, 0) is 24.0 Å². The van der Waals surface area contributed by atoms with Crippen molar-refractivity contribution in [1.82, 2.24) is 20.9 Å². The quantitative estimate of drug-likeness (QED) is 0.133. The summed E-state index contributed by atoms with van der Waals surface area (Å²) in [5.41, 5.74) is 4.54. The highest BCUT2D eigenvalue weighted by Crippen LogP contribution is 2.65. The number of nitrogens with two attached hydrogens (primary N) is 1. The van der Waals surface area contributed by atoms with Crippen LogP contribution in [0.1, 0.15) is 53.4 Å². The summed E-state index contributed by atoms with van der Waals surface area (Å²) in [6.45, 7) is 10.1. The number of carbonyl (C=O) groups is 6. The maximum Gasteiger partial charge on any atom is 0.330 e. The zero-order valence-electron chi connectivity index (χ0n) is 23.0. The molecule has 222 valence electrons. The summed E-state index contributed by atoms with van der Waals surface area (Å²) in [6.07, 6.45) is 2.95. The van der Waals surface area contributed by atoms with Gasteiger partial charge < -0.3 is 31.7 Å². The highest BCUT2D eigenvalue weighted by molar-refractivity contribution is 6.51. The van der Waals surface area contributed by atoms with Gasteiger partial charge in [0.25, 0.3) is 5.91 Å². The van der Waals surface area contributed by atoms with E-state index in [0.717, 1.165) is 19.3 Å². The number of primary amides is 1. The molecule has 0 spiro atoms. The van der Waals surface area contributed by atoms with Crippen LogP contribution < -0.4 is 21.7 Å². The Hall–Kier alpha value is -2.86. The minimum absolute atomic E-state index is 0.0189. The number of alkyl halides is 2. The van der Waals surface area contributed by atoms with Gasteiger partial charge in [0.1, 0.15) is 22.5 Å². The van der Waals surface area contributed by atoms with Gasteiger partial charge in [0.05, 0.1) is 6.04 Å². The summed E-state index contributed by atoms with van der Waals surface area (Å²) in [5.74, 6) is -5.64. The number of Topliss-reactive ketones (excluding diaryl/α,β-unsaturated/α-hetero) is 1. The van der Waals surface area contributed by atoms with Crippen LogP contribution in [0.3, 0.4) is 0 Å². The van der Waals surface area contributed by atoms with Gasteiger partial charge in [-0.25, -0.2) is 9.59 Å². The molecule has 2 aliphatic carbocycles. The molecule has 40 heavy (non-hydrogen) atoms. The Kier molecular flexibility index (Phi) is 9.15. The van der Waals surface area contributed by atoms with Gasteiger partial charge in [-0.05, 0) is 30.3 Å². The van der Waals surface area contributed by atoms with E-state index in [4.69, 9.17) is 28.9 Å². The van der Waals surface area contributed by atoms with Crippen molar-refractivity contribution in [2.75, 3.05) is 6.54 Å². The molecule has 3 rings (SSSR count). The molecule has 0 radical (unpaired) electrons. The van der Waals surface area contributed by atoms with Crippen molar-refractivity contribution < 1.29 is 33.9 Å². The molecule has 3 fully saturated rings. The van der Waals surface area contributed by atoms with Gasteiger partial charge in [0.15, 0.2) is 0 Å². The Balaban J connectivity index is 1.83. The minimum atomic E-state index is -1.38. The van der Waals surface area contributed by atoms with E-state index in [9.17, 15) is 33.9 Å². The lowest BCUT2D eigenvalue weighted by molar-refractivity contribution is -0.144. The number of rotatable bonds is 11. The molecule has 6 N–H and O–H groups in total. The number of halogens is 2. The normalized spacial score (nSPS) is 25.4. The lowest BCUT2D eigenvalue weighted by atomic mass is 9.80. The van der Waals surface area contributed by atoms with Crippen LogP contribution in [0.15, 0.2) is 12.2 Å². The number of likely N-dealkylation sites (tertiary alicyclic amines) is 1. The van der Waals surface area contributed by atoms with Crippen molar-refractivity contribution in [1.29, 1.82) is 0 Å². The topological polar surface area (TPSA) is 188 Å². The first-order valence-corrected chi connectivity index (χ1v) is 13.9. The van der Waals surface area contributed by atoms with E-state index in [1.165, 1.54) is 11.8 Å². The zero-order chi connectivity index (χ0) is 30.3. The fraction of sp³-hybridized carbons (Fsp3) is 0.692. The second-order valence-corrected chi connectivity index (χ2v) is 13.5. The number of amides is 5. The molecule has 1 aliphatic heterocycles. The van der Waals surface area contributed by atoms with Gasteiger partial charge in [0.2, 0.25) is 17.6 Å². The first kappa shape index (κ1) is 31.7. The number of piperidine rings is 1. The molecule has 6 atom stereocenters. The van der Waals surface area contributed by atoms with Crippen LogP contribution in [0.2, 0.25) is 0 Å². The average molecular weight is 603 g/mol. The molecule has 5 amide bonds. The fourth-order valence-corrected chi connectivity index (χ4v) is 6.20. The third-order valence-corrected chi connectivity index (χ3v) is 9.02. The standard InChI is InChI=1S/C26H37Cl2N5O7/c1-11(2)16(23(38)39)31-24(40)32-19(25(3,4)5)22(37)33-10-13-15(26(13,27)28)17(33)21(36)30-14(18(34)20(29)35)9-12-7-6-8-12/h12-17,19H,1,6-10H2,2-5H3,(H2,29,35)(H,30,36)(H,38,39)(H2,31,32,40)/t13-,14?,15-,16-,17-,19+/m0/s1. The highest BCUT2D eigenvalue weighted by Gasteiger charge is 2.74. The number of carboxylic acids is 1. The second-order valence-electron chi connectivity index (χ2n) is 12.1. The number of fused-ring (bicyclic) bond motifs is 1. The number of nitrogens with one attached hydrogen (secondary N) is 3. The molecule has 2 saturated carbocycles. The number of ketones is 1. The number of hydrogen-bond acceptors (Lipinski definition) is 6. The predicted octanol–water partition coefficient (Wildman–Crippen LogP) is 1.09. The van der Waals surface area contributed by atoms with E-state index >= 15 is 0 Å². The maximum absolute atomic E-state index is 13.9. The summed E-state index contributed by atoms with van der Waals surface area (Å²) < 4.78 is -1.27. The third kappa shape index (κ3) is 6.54. The fourth-order valence-electron chi connectivity index (χ4n) is 5.37. The van der Waals surface area contributed by atoms with Crippen LogP contribution in [0.4, 0.5) is 4.79 Å². The Morgan fingerprint density at radius 3 is 2.15 bits per heavy atom. The Morgan fingerprint density at radius 1 is 1.10 bits per heavy atom. The summed E-state index contributed by atoms with van der Waals surface area (Å²) in [4.78, 5) is 77.2. The average Bonchev–Trinajstić information content (AvgIpc) is 3.14. The molecule has 0 aromatic heterocycles. The van der Waals surface area contributed by atoms with Crippen molar-refractivity contribution in [2.45, 2.75) is 81.9 Å². The molecule has 1 heterocycles. The van der Waals surface area contributed by atoms with Gasteiger partial charge in [-0.1, -0.05) is 46.6 Å². The smallest absolute Gasteiger partial charge is 0.330 e. The Morgan fingerprint density at radius 2 is 1.70 bits per heavy atom. The predicted molar refractivity (Wildman–Crippen MR) is 146 cm³/mol. The SMILES string of the molecule is C=C(C)[C@H](NC(=O)N[C@H](C(=O)N1C[C@H]2[C@@H]([C@H]1C(=O)NC(CC1CCC1)C(=O)C(N)=O)C2(Cl)Cl)C(C)(C)C)C(=O)O. The van der Waals surface area contributed by atoms with Gasteiger partial charge >= 0.3 is 12.0 Å². The summed E-state index contributed by atoms with van der Waals surface area (Å²) in [6, 6.07) is -5.79. The molecule has 12 nitrogen and oxygen atoms in total. The largest absolute Gasteiger partial charge is 0.479 e. The van der Waals surface area contributed by atoms with Crippen molar-refractivity contribution in [3.63, 3.8) is 0 Å². The molecule has 0 aromatic rings. The van der Waals surface area contributed by atoms with E-state index in [1.54, 1.807) is 20.8 Å². The molecular formula is C26H37Cl2N5O7. The first-order valence-electron chi connectivity index (χ1n) is 13.1. The van der Waals surface area contributed by atoms with Crippen molar-refractivity contribution in [3.8, 4) is 0 Å². The van der Waals surface area contributed by atoms with Gasteiger partial charge in [-0.3, -0.25) is 19.2 Å². The van der Waals surface area contributed by atoms with Gasteiger partial charge in [-0.2, -0.15) is 0 Å². The summed E-state index contributed by atoms with van der Waals surface area (Å²) in [7, 11) is 0. The number of urea groups is 1. The van der Waals surface area contributed by atoms with Crippen molar-refractivity contribution >= 4 is 58.7 Å². The van der Waals surface area contributed by atoms with Gasteiger partial charge in [-0.15, -0.1) is 23.2 Å². The van der Waals surface area contributed by atoms with Crippen LogP contribution in [0, 0.1) is 23.2 Å². The van der Waals surface area contributed by atoms with Crippen molar-refractivity contribution in [2.24, 2.45) is 28.9 Å². The molecule has 1 saturated heterocycles. The molecule has 3 aliphatic rings. The van der Waals surface area contributed by atoms with Gasteiger partial charge in [0, 0.05) is 18.4 Å². The second kappa shape index (κ2) is 11.6. The highest BCUT2D eigenvalue weighted by atomic mass is 35.5. The number of aliphatic carboxylic acids is 1. The Labute approximate surface area is 242 Å². The van der Waals surface area contributed by atoms with E-state index in [1.807, 2.05) is 0 Å². The number of hydrogen-bond donors (Lipinski definition) is 5. The minimum Gasteiger partial charge on any atom is -0.479 e. The monoisotopic (exact) mass is 601 g/mol. The van der Waals surface area contributed by atoms with E-state index in [2.05, 4.69) is 22.5 Å². The van der Waals surface area contributed by atoms with Crippen LogP contribution in [-0.4, -0.2) is 80.6 Å². The third-order valence-electron chi connectivity index (χ3n) is 7.96. The van der Waals surface area contributed by atoms with E-state index in [-0.39, 0.29) is 24.5 Å². The number of carboxylic acid groups (broad SMARTS) is 1. The summed E-state index contributed by atoms with van der Waals surface area (Å²) in [5, 5.41) is 16.8. The lowest BCUT2D eigenvalue weighted by Crippen LogP contribution is -2.62. The Bertz CT molecular complexity index is 1100. The van der Waals surface area contributed by atoms with E-state index < -0.39 is 81.3 Å². The molecule has 0 aromatic carbocycles. The molecule has 1 unspecified atom stereocenters. The molecular weight excluding hydrogens is 565 g/mol.